The molecule has 10 heavy (non-hydrogen) atoms. The first-order valence-corrected chi connectivity index (χ1v) is 3.39. The molecule has 0 aromatic carbocycles. The number of ketones is 2. The average molecular weight is 142 g/mol. The van der Waals surface area contributed by atoms with Crippen LogP contribution in [0.3, 0.4) is 0 Å². The van der Waals surface area contributed by atoms with Gasteiger partial charge in [-0.3, -0.25) is 9.59 Å². The first kappa shape index (κ1) is 7.41. The zero-order valence-corrected chi connectivity index (χ0v) is 5.92. The summed E-state index contributed by atoms with van der Waals surface area (Å²) < 4.78 is 4.73. The molecule has 1 fully saturated rings. The zero-order chi connectivity index (χ0) is 7.56. The maximum atomic E-state index is 10.9. The number of hydrogen-bond acceptors (Lipinski definition) is 3. The molecule has 0 bridgehead atoms. The summed E-state index contributed by atoms with van der Waals surface area (Å²) >= 11 is 0. The summed E-state index contributed by atoms with van der Waals surface area (Å²) in [5.74, 6) is -0.522. The van der Waals surface area contributed by atoms with Gasteiger partial charge in [-0.25, -0.2) is 0 Å². The van der Waals surface area contributed by atoms with E-state index in [9.17, 15) is 9.59 Å². The standard InChI is InChI=1S/C7H10O3/c1-2-5-6(8)3-10-4-7(5)9/h5H,2-4H2,1H3. The Morgan fingerprint density at radius 1 is 1.40 bits per heavy atom. The minimum Gasteiger partial charge on any atom is -0.366 e. The van der Waals surface area contributed by atoms with Gasteiger partial charge in [-0.05, 0) is 6.42 Å². The number of hydrogen-bond donors (Lipinski definition) is 0. The van der Waals surface area contributed by atoms with Gasteiger partial charge in [0.2, 0.25) is 0 Å². The van der Waals surface area contributed by atoms with Gasteiger partial charge in [-0.2, -0.15) is 0 Å². The molecule has 0 spiro atoms. The van der Waals surface area contributed by atoms with Gasteiger partial charge in [-0.15, -0.1) is 0 Å². The summed E-state index contributed by atoms with van der Waals surface area (Å²) in [6, 6.07) is 0. The van der Waals surface area contributed by atoms with Crippen LogP contribution in [0.2, 0.25) is 0 Å². The molecule has 0 aromatic rings. The van der Waals surface area contributed by atoms with Crippen molar-refractivity contribution in [2.24, 2.45) is 5.92 Å². The molecule has 3 nitrogen and oxygen atoms in total. The van der Waals surface area contributed by atoms with Crippen molar-refractivity contribution < 1.29 is 14.3 Å². The quantitative estimate of drug-likeness (QED) is 0.490. The minimum absolute atomic E-state index is 0.0706. The fraction of sp³-hybridized carbons (Fsp3) is 0.714. The Morgan fingerprint density at radius 3 is 2.20 bits per heavy atom. The summed E-state index contributed by atoms with van der Waals surface area (Å²) in [5.41, 5.74) is 0. The second-order valence-electron chi connectivity index (χ2n) is 2.39. The Hall–Kier alpha value is -0.700. The highest BCUT2D eigenvalue weighted by Gasteiger charge is 2.28. The van der Waals surface area contributed by atoms with Gasteiger partial charge in [0.05, 0.1) is 5.92 Å². The lowest BCUT2D eigenvalue weighted by molar-refractivity contribution is -0.145. The van der Waals surface area contributed by atoms with Crippen LogP contribution < -0.4 is 0 Å². The maximum Gasteiger partial charge on any atom is 0.168 e. The lowest BCUT2D eigenvalue weighted by Gasteiger charge is -2.17. The van der Waals surface area contributed by atoms with E-state index in [1.54, 1.807) is 0 Å². The molecule has 1 rings (SSSR count). The number of carbonyl (C=O) groups excluding carboxylic acids is 2. The van der Waals surface area contributed by atoms with E-state index in [0.29, 0.717) is 6.42 Å². The highest BCUT2D eigenvalue weighted by atomic mass is 16.5. The Bertz CT molecular complexity index is 146. The van der Waals surface area contributed by atoms with Crippen molar-refractivity contribution in [1.82, 2.24) is 0 Å². The molecule has 0 saturated carbocycles. The first-order chi connectivity index (χ1) is 4.75. The molecule has 0 N–H and O–H groups in total. The molecule has 0 aliphatic carbocycles. The van der Waals surface area contributed by atoms with Gasteiger partial charge < -0.3 is 4.74 Å². The summed E-state index contributed by atoms with van der Waals surface area (Å²) in [4.78, 5) is 21.8. The summed E-state index contributed by atoms with van der Waals surface area (Å²) in [5, 5.41) is 0. The van der Waals surface area contributed by atoms with Gasteiger partial charge >= 0.3 is 0 Å². The van der Waals surface area contributed by atoms with E-state index in [1.165, 1.54) is 0 Å². The Labute approximate surface area is 59.4 Å². The van der Waals surface area contributed by atoms with Crippen molar-refractivity contribution in [2.45, 2.75) is 13.3 Å². The van der Waals surface area contributed by atoms with Crippen LogP contribution in [-0.4, -0.2) is 24.8 Å². The van der Waals surface area contributed by atoms with Gasteiger partial charge in [0, 0.05) is 0 Å². The van der Waals surface area contributed by atoms with Crippen molar-refractivity contribution >= 4 is 11.6 Å². The third-order valence-corrected chi connectivity index (χ3v) is 1.67. The predicted molar refractivity (Wildman–Crippen MR) is 34.6 cm³/mol. The SMILES string of the molecule is CCC1C(=O)COCC1=O. The van der Waals surface area contributed by atoms with E-state index in [2.05, 4.69) is 0 Å². The molecule has 0 unspecified atom stereocenters. The molecule has 1 aliphatic rings. The number of rotatable bonds is 1. The van der Waals surface area contributed by atoms with Crippen LogP contribution in [0.1, 0.15) is 13.3 Å². The molecule has 0 aromatic heterocycles. The van der Waals surface area contributed by atoms with Crippen molar-refractivity contribution in [3.05, 3.63) is 0 Å². The van der Waals surface area contributed by atoms with E-state index < -0.39 is 0 Å². The number of ether oxygens (including phenoxy) is 1. The lowest BCUT2D eigenvalue weighted by atomic mass is 9.95. The number of Topliss-reactive ketones (excluding diaryl/α,β-unsaturated/α-hetero) is 2. The van der Waals surface area contributed by atoms with Crippen molar-refractivity contribution in [2.75, 3.05) is 13.2 Å². The third kappa shape index (κ3) is 1.24. The fourth-order valence-electron chi connectivity index (χ4n) is 1.09. The predicted octanol–water partition coefficient (Wildman–Crippen LogP) is 0.181. The molecule has 0 radical (unpaired) electrons. The van der Waals surface area contributed by atoms with Gasteiger partial charge in [-0.1, -0.05) is 6.92 Å². The third-order valence-electron chi connectivity index (χ3n) is 1.67. The zero-order valence-electron chi connectivity index (χ0n) is 5.92. The van der Waals surface area contributed by atoms with E-state index in [4.69, 9.17) is 4.74 Å². The molecule has 1 aliphatic heterocycles. The van der Waals surface area contributed by atoms with E-state index >= 15 is 0 Å². The highest BCUT2D eigenvalue weighted by Crippen LogP contribution is 2.10. The van der Waals surface area contributed by atoms with Crippen LogP contribution >= 0.6 is 0 Å². The second-order valence-corrected chi connectivity index (χ2v) is 2.39. The maximum absolute atomic E-state index is 10.9. The minimum atomic E-state index is -0.381. The van der Waals surface area contributed by atoms with Gasteiger partial charge in [0.1, 0.15) is 13.2 Å². The molecular weight excluding hydrogens is 132 g/mol. The van der Waals surface area contributed by atoms with Crippen LogP contribution in [0.5, 0.6) is 0 Å². The molecule has 0 atom stereocenters. The lowest BCUT2D eigenvalue weighted by Crippen LogP contribution is -2.35. The normalized spacial score (nSPS) is 21.7. The Balaban J connectivity index is 2.62. The molecular formula is C7H10O3. The molecule has 1 saturated heterocycles. The van der Waals surface area contributed by atoms with Crippen LogP contribution in [0.15, 0.2) is 0 Å². The van der Waals surface area contributed by atoms with Crippen LogP contribution in [0, 0.1) is 5.92 Å². The van der Waals surface area contributed by atoms with E-state index in [-0.39, 0.29) is 30.7 Å². The second kappa shape index (κ2) is 2.92. The summed E-state index contributed by atoms with van der Waals surface area (Å²) in [7, 11) is 0. The monoisotopic (exact) mass is 142 g/mol. The smallest absolute Gasteiger partial charge is 0.168 e. The van der Waals surface area contributed by atoms with Crippen LogP contribution in [-0.2, 0) is 14.3 Å². The first-order valence-electron chi connectivity index (χ1n) is 3.39. The molecule has 3 heteroatoms. The summed E-state index contributed by atoms with van der Waals surface area (Å²) in [6.07, 6.45) is 0.612. The fourth-order valence-corrected chi connectivity index (χ4v) is 1.09. The average Bonchev–Trinajstić information content (AvgIpc) is 1.88. The van der Waals surface area contributed by atoms with Crippen molar-refractivity contribution in [3.8, 4) is 0 Å². The topological polar surface area (TPSA) is 43.4 Å². The largest absolute Gasteiger partial charge is 0.366 e. The highest BCUT2D eigenvalue weighted by molar-refractivity contribution is 6.04. The van der Waals surface area contributed by atoms with Crippen molar-refractivity contribution in [3.63, 3.8) is 0 Å². The Kier molecular flexibility index (Phi) is 2.17. The van der Waals surface area contributed by atoms with Crippen LogP contribution in [0.4, 0.5) is 0 Å². The van der Waals surface area contributed by atoms with E-state index in [0.717, 1.165) is 0 Å². The molecule has 0 amide bonds. The summed E-state index contributed by atoms with van der Waals surface area (Å²) in [6.45, 7) is 2.07. The molecule has 1 heterocycles. The van der Waals surface area contributed by atoms with Gasteiger partial charge in [0.25, 0.3) is 0 Å². The van der Waals surface area contributed by atoms with Crippen molar-refractivity contribution in [1.29, 1.82) is 0 Å². The van der Waals surface area contributed by atoms with E-state index in [1.807, 2.05) is 6.92 Å². The molecule has 56 valence electrons. The van der Waals surface area contributed by atoms with Crippen LogP contribution in [0.25, 0.3) is 0 Å². The Morgan fingerprint density at radius 2 is 1.90 bits per heavy atom. The number of carbonyl (C=O) groups is 2. The van der Waals surface area contributed by atoms with Gasteiger partial charge in [0.15, 0.2) is 11.6 Å².